The lowest BCUT2D eigenvalue weighted by molar-refractivity contribution is 0.595. The summed E-state index contributed by atoms with van der Waals surface area (Å²) < 4.78 is 40.4. The minimum Gasteiger partial charge on any atom is -0.279 e. The van der Waals surface area contributed by atoms with Crippen molar-refractivity contribution in [3.05, 3.63) is 53.3 Å². The predicted molar refractivity (Wildman–Crippen MR) is 84.6 cm³/mol. The van der Waals surface area contributed by atoms with Gasteiger partial charge in [0.1, 0.15) is 11.2 Å². The molecule has 0 fully saturated rings. The fourth-order valence-corrected chi connectivity index (χ4v) is 3.83. The number of rotatable bonds is 4. The van der Waals surface area contributed by atoms with Crippen LogP contribution < -0.4 is 4.72 Å². The molecule has 0 bridgehead atoms. The Morgan fingerprint density at radius 2 is 1.82 bits per heavy atom. The fourth-order valence-electron chi connectivity index (χ4n) is 2.02. The van der Waals surface area contributed by atoms with Crippen LogP contribution in [0.5, 0.6) is 0 Å². The zero-order chi connectivity index (χ0) is 16.3. The van der Waals surface area contributed by atoms with Crippen molar-refractivity contribution in [1.29, 1.82) is 5.26 Å². The van der Waals surface area contributed by atoms with Crippen molar-refractivity contribution in [2.75, 3.05) is 4.72 Å². The molecule has 0 aliphatic carbocycles. The van der Waals surface area contributed by atoms with Gasteiger partial charge in [-0.3, -0.25) is 4.72 Å². The molecule has 0 aliphatic heterocycles. The number of nitrogens with zero attached hydrogens (tertiary/aromatic N) is 1. The van der Waals surface area contributed by atoms with E-state index in [0.717, 1.165) is 22.7 Å². The maximum atomic E-state index is 13.2. The highest BCUT2D eigenvalue weighted by Crippen LogP contribution is 2.29. The molecule has 2 aromatic rings. The van der Waals surface area contributed by atoms with Crippen LogP contribution in [0, 0.1) is 30.3 Å². The van der Waals surface area contributed by atoms with E-state index in [2.05, 4.69) is 4.72 Å². The van der Waals surface area contributed by atoms with Gasteiger partial charge in [-0.2, -0.15) is 5.26 Å². The summed E-state index contributed by atoms with van der Waals surface area (Å²) in [5.74, 6) is -0.614. The molecule has 0 saturated heterocycles. The number of sulfonamides is 1. The van der Waals surface area contributed by atoms with Crippen LogP contribution in [0.25, 0.3) is 0 Å². The van der Waals surface area contributed by atoms with Crippen LogP contribution in [0.2, 0.25) is 0 Å². The Hall–Kier alpha value is -2.04. The zero-order valence-electron chi connectivity index (χ0n) is 11.9. The Kier molecular flexibility index (Phi) is 4.74. The van der Waals surface area contributed by atoms with Crippen LogP contribution in [0.4, 0.5) is 10.1 Å². The number of thiocyanates is 1. The summed E-state index contributed by atoms with van der Waals surface area (Å²) in [6.45, 7) is 3.50. The molecule has 2 rings (SSSR count). The molecule has 0 atom stereocenters. The molecule has 0 saturated carbocycles. The van der Waals surface area contributed by atoms with Gasteiger partial charge in [0.05, 0.1) is 10.6 Å². The summed E-state index contributed by atoms with van der Waals surface area (Å²) >= 11 is 1.01. The topological polar surface area (TPSA) is 70.0 Å². The highest BCUT2D eigenvalue weighted by molar-refractivity contribution is 8.03. The first-order valence-electron chi connectivity index (χ1n) is 6.29. The second-order valence-electron chi connectivity index (χ2n) is 4.69. The summed E-state index contributed by atoms with van der Waals surface area (Å²) in [4.78, 5) is 0.605. The molecular weight excluding hydrogens is 323 g/mol. The Morgan fingerprint density at radius 1 is 1.18 bits per heavy atom. The Bertz CT molecular complexity index is 835. The summed E-state index contributed by atoms with van der Waals surface area (Å²) in [6.07, 6.45) is 0. The third kappa shape index (κ3) is 3.59. The van der Waals surface area contributed by atoms with Gasteiger partial charge in [-0.15, -0.1) is 0 Å². The van der Waals surface area contributed by atoms with Crippen molar-refractivity contribution in [1.82, 2.24) is 0 Å². The van der Waals surface area contributed by atoms with E-state index in [9.17, 15) is 12.8 Å². The highest BCUT2D eigenvalue weighted by Gasteiger charge is 2.17. The summed E-state index contributed by atoms with van der Waals surface area (Å²) in [6, 6.07) is 8.28. The number of benzene rings is 2. The second-order valence-corrected chi connectivity index (χ2v) is 7.23. The molecule has 0 radical (unpaired) electrons. The molecule has 22 heavy (non-hydrogen) atoms. The smallest absolute Gasteiger partial charge is 0.262 e. The Balaban J connectivity index is 2.40. The third-order valence-corrected chi connectivity index (χ3v) is 4.92. The lowest BCUT2D eigenvalue weighted by Gasteiger charge is -2.14. The zero-order valence-corrected chi connectivity index (χ0v) is 13.6. The van der Waals surface area contributed by atoms with E-state index >= 15 is 0 Å². The predicted octanol–water partition coefficient (Wildman–Crippen LogP) is 3.82. The second kappa shape index (κ2) is 6.38. The number of hydrogen-bond donors (Lipinski definition) is 1. The summed E-state index contributed by atoms with van der Waals surface area (Å²) in [5, 5.41) is 10.7. The minimum absolute atomic E-state index is 0.137. The maximum absolute atomic E-state index is 13.2. The lowest BCUT2D eigenvalue weighted by atomic mass is 10.1. The van der Waals surface area contributed by atoms with E-state index in [4.69, 9.17) is 5.26 Å². The van der Waals surface area contributed by atoms with Gasteiger partial charge >= 0.3 is 0 Å². The number of halogens is 1. The number of thioether (sulfide) groups is 1. The minimum atomic E-state index is -3.87. The van der Waals surface area contributed by atoms with Crippen molar-refractivity contribution in [2.45, 2.75) is 23.6 Å². The van der Waals surface area contributed by atoms with Gasteiger partial charge in [0.2, 0.25) is 0 Å². The molecule has 0 aromatic heterocycles. The van der Waals surface area contributed by atoms with Gasteiger partial charge in [-0.1, -0.05) is 6.07 Å². The van der Waals surface area contributed by atoms with Crippen LogP contribution in [0.1, 0.15) is 11.1 Å². The maximum Gasteiger partial charge on any atom is 0.262 e. The Morgan fingerprint density at radius 3 is 2.36 bits per heavy atom. The standard InChI is InChI=1S/C15H13FN2O2S2/c1-10-6-13(21-9-17)7-11(2)15(10)18-22(19,20)14-5-3-4-12(16)8-14/h3-8,18H,1-2H3. The molecule has 2 aromatic carbocycles. The van der Waals surface area contributed by atoms with E-state index in [1.807, 2.05) is 5.40 Å². The van der Waals surface area contributed by atoms with Gasteiger partial charge in [0.15, 0.2) is 0 Å². The monoisotopic (exact) mass is 336 g/mol. The molecule has 114 valence electrons. The summed E-state index contributed by atoms with van der Waals surface area (Å²) in [5.41, 5.74) is 1.82. The van der Waals surface area contributed by atoms with Crippen LogP contribution in [0.15, 0.2) is 46.2 Å². The normalized spacial score (nSPS) is 11.0. The largest absolute Gasteiger partial charge is 0.279 e. The lowest BCUT2D eigenvalue weighted by Crippen LogP contribution is -2.15. The number of hydrogen-bond acceptors (Lipinski definition) is 4. The average Bonchev–Trinajstić information content (AvgIpc) is 2.43. The fraction of sp³-hybridized carbons (Fsp3) is 0.133. The van der Waals surface area contributed by atoms with Gasteiger partial charge in [0, 0.05) is 4.90 Å². The molecule has 4 nitrogen and oxygen atoms in total. The SMILES string of the molecule is Cc1cc(SC#N)cc(C)c1NS(=O)(=O)c1cccc(F)c1. The first-order valence-corrected chi connectivity index (χ1v) is 8.59. The van der Waals surface area contributed by atoms with Crippen molar-refractivity contribution < 1.29 is 12.8 Å². The molecule has 0 aliphatic rings. The van der Waals surface area contributed by atoms with Crippen LogP contribution in [-0.2, 0) is 10.0 Å². The number of aryl methyl sites for hydroxylation is 2. The molecule has 7 heteroatoms. The number of nitrogens with one attached hydrogen (secondary N) is 1. The van der Waals surface area contributed by atoms with E-state index in [1.165, 1.54) is 18.2 Å². The van der Waals surface area contributed by atoms with Gasteiger partial charge in [0.25, 0.3) is 10.0 Å². The van der Waals surface area contributed by atoms with Crippen molar-refractivity contribution in [2.24, 2.45) is 0 Å². The number of anilines is 1. The Labute approximate surface area is 133 Å². The van der Waals surface area contributed by atoms with Crippen LogP contribution in [0.3, 0.4) is 0 Å². The van der Waals surface area contributed by atoms with Crippen molar-refractivity contribution >= 4 is 27.5 Å². The number of nitriles is 1. The average molecular weight is 336 g/mol. The molecule has 1 N–H and O–H groups in total. The van der Waals surface area contributed by atoms with E-state index in [-0.39, 0.29) is 4.90 Å². The van der Waals surface area contributed by atoms with Gasteiger partial charge in [-0.25, -0.2) is 12.8 Å². The molecule has 0 unspecified atom stereocenters. The first-order chi connectivity index (χ1) is 10.3. The van der Waals surface area contributed by atoms with Gasteiger partial charge in [-0.05, 0) is 67.1 Å². The highest BCUT2D eigenvalue weighted by atomic mass is 32.2. The molecule has 0 spiro atoms. The van der Waals surface area contributed by atoms with Crippen LogP contribution >= 0.6 is 11.8 Å². The van der Waals surface area contributed by atoms with E-state index in [1.54, 1.807) is 26.0 Å². The van der Waals surface area contributed by atoms with Crippen molar-refractivity contribution in [3.63, 3.8) is 0 Å². The molecule has 0 amide bonds. The van der Waals surface area contributed by atoms with Gasteiger partial charge < -0.3 is 0 Å². The van der Waals surface area contributed by atoms with Crippen molar-refractivity contribution in [3.8, 4) is 5.40 Å². The molecular formula is C15H13FN2O2S2. The van der Waals surface area contributed by atoms with E-state index in [0.29, 0.717) is 16.8 Å². The third-order valence-electron chi connectivity index (χ3n) is 3.01. The molecule has 0 heterocycles. The van der Waals surface area contributed by atoms with E-state index < -0.39 is 15.8 Å². The quantitative estimate of drug-likeness (QED) is 0.681. The van der Waals surface area contributed by atoms with Crippen LogP contribution in [-0.4, -0.2) is 8.42 Å². The first kappa shape index (κ1) is 16.3. The summed E-state index contributed by atoms with van der Waals surface area (Å²) in [7, 11) is -3.87.